The fourth-order valence-electron chi connectivity index (χ4n) is 2.66. The van der Waals surface area contributed by atoms with Crippen molar-refractivity contribution in [1.29, 1.82) is 0 Å². The van der Waals surface area contributed by atoms with Crippen LogP contribution in [0, 0.1) is 5.92 Å². The van der Waals surface area contributed by atoms with Crippen molar-refractivity contribution in [2.24, 2.45) is 5.92 Å². The molecule has 0 aromatic heterocycles. The van der Waals surface area contributed by atoms with Gasteiger partial charge in [0.2, 0.25) is 0 Å². The second kappa shape index (κ2) is 7.75. The van der Waals surface area contributed by atoms with E-state index in [9.17, 15) is 0 Å². The van der Waals surface area contributed by atoms with E-state index in [1.54, 1.807) is 7.11 Å². The lowest BCUT2D eigenvalue weighted by atomic mass is 9.94. The van der Waals surface area contributed by atoms with Crippen molar-refractivity contribution >= 4 is 11.6 Å². The van der Waals surface area contributed by atoms with Gasteiger partial charge in [-0.3, -0.25) is 4.90 Å². The summed E-state index contributed by atoms with van der Waals surface area (Å²) in [4.78, 5) is 2.45. The molecule has 1 aromatic carbocycles. The standard InChI is InChI=1S/C16H24ClNO2/c1-13(17)14-7-9-18(10-8-14)11-12-20-16-6-4-3-5-15(16)19-2/h3-6,13-14H,7-12H2,1-2H3. The quantitative estimate of drug-likeness (QED) is 0.751. The molecule has 1 unspecified atom stereocenters. The molecule has 1 saturated heterocycles. The maximum absolute atomic E-state index is 6.16. The van der Waals surface area contributed by atoms with Crippen molar-refractivity contribution in [3.8, 4) is 11.5 Å². The van der Waals surface area contributed by atoms with Crippen LogP contribution in [0.15, 0.2) is 24.3 Å². The van der Waals surface area contributed by atoms with E-state index in [1.807, 2.05) is 24.3 Å². The lowest BCUT2D eigenvalue weighted by molar-refractivity contribution is 0.153. The minimum Gasteiger partial charge on any atom is -0.493 e. The first kappa shape index (κ1) is 15.5. The summed E-state index contributed by atoms with van der Waals surface area (Å²) in [6, 6.07) is 7.78. The first-order chi connectivity index (χ1) is 9.70. The second-order valence-corrected chi connectivity index (χ2v) is 6.04. The first-order valence-electron chi connectivity index (χ1n) is 7.33. The number of piperidine rings is 1. The predicted octanol–water partition coefficient (Wildman–Crippen LogP) is 3.41. The largest absolute Gasteiger partial charge is 0.493 e. The van der Waals surface area contributed by atoms with Gasteiger partial charge in [-0.05, 0) is 50.9 Å². The van der Waals surface area contributed by atoms with Gasteiger partial charge in [0.1, 0.15) is 6.61 Å². The summed E-state index contributed by atoms with van der Waals surface area (Å²) in [6.07, 6.45) is 2.39. The molecule has 4 heteroatoms. The molecule has 1 atom stereocenters. The van der Waals surface area contributed by atoms with Crippen LogP contribution >= 0.6 is 11.6 Å². The van der Waals surface area contributed by atoms with Gasteiger partial charge in [0.15, 0.2) is 11.5 Å². The van der Waals surface area contributed by atoms with Crippen molar-refractivity contribution in [1.82, 2.24) is 4.90 Å². The van der Waals surface area contributed by atoms with Gasteiger partial charge >= 0.3 is 0 Å². The molecule has 0 spiro atoms. The number of rotatable bonds is 6. The number of ether oxygens (including phenoxy) is 2. The zero-order valence-corrected chi connectivity index (χ0v) is 13.1. The molecule has 3 nitrogen and oxygen atoms in total. The number of para-hydroxylation sites is 2. The molecule has 0 bridgehead atoms. The molecule has 0 saturated carbocycles. The Morgan fingerprint density at radius 2 is 1.90 bits per heavy atom. The van der Waals surface area contributed by atoms with Gasteiger partial charge in [0.05, 0.1) is 7.11 Å². The summed E-state index contributed by atoms with van der Waals surface area (Å²) in [7, 11) is 1.67. The lowest BCUT2D eigenvalue weighted by Crippen LogP contribution is -2.38. The van der Waals surface area contributed by atoms with Gasteiger partial charge in [0, 0.05) is 11.9 Å². The van der Waals surface area contributed by atoms with Crippen LogP contribution in [-0.2, 0) is 0 Å². The summed E-state index contributed by atoms with van der Waals surface area (Å²) < 4.78 is 11.1. The Hall–Kier alpha value is -0.930. The molecular formula is C16H24ClNO2. The van der Waals surface area contributed by atoms with Crippen molar-refractivity contribution in [3.05, 3.63) is 24.3 Å². The van der Waals surface area contributed by atoms with Gasteiger partial charge in [0.25, 0.3) is 0 Å². The fraction of sp³-hybridized carbons (Fsp3) is 0.625. The summed E-state index contributed by atoms with van der Waals surface area (Å²) in [5.74, 6) is 2.28. The zero-order chi connectivity index (χ0) is 14.4. The zero-order valence-electron chi connectivity index (χ0n) is 12.3. The number of alkyl halides is 1. The highest BCUT2D eigenvalue weighted by Crippen LogP contribution is 2.26. The van der Waals surface area contributed by atoms with Crippen LogP contribution in [0.3, 0.4) is 0 Å². The summed E-state index contributed by atoms with van der Waals surface area (Å²) in [5.41, 5.74) is 0. The molecule has 1 aromatic rings. The predicted molar refractivity (Wildman–Crippen MR) is 83.0 cm³/mol. The summed E-state index contributed by atoms with van der Waals surface area (Å²) in [6.45, 7) is 6.00. The van der Waals surface area contributed by atoms with Crippen molar-refractivity contribution in [3.63, 3.8) is 0 Å². The van der Waals surface area contributed by atoms with Crippen LogP contribution in [0.2, 0.25) is 0 Å². The van der Waals surface area contributed by atoms with Gasteiger partial charge < -0.3 is 9.47 Å². The van der Waals surface area contributed by atoms with Gasteiger partial charge in [-0.2, -0.15) is 0 Å². The van der Waals surface area contributed by atoms with Crippen LogP contribution in [0.4, 0.5) is 0 Å². The molecule has 20 heavy (non-hydrogen) atoms. The molecular weight excluding hydrogens is 274 g/mol. The van der Waals surface area contributed by atoms with E-state index >= 15 is 0 Å². The number of hydrogen-bond donors (Lipinski definition) is 0. The number of nitrogens with zero attached hydrogens (tertiary/aromatic N) is 1. The van der Waals surface area contributed by atoms with Crippen molar-refractivity contribution in [2.45, 2.75) is 25.1 Å². The topological polar surface area (TPSA) is 21.7 Å². The Bertz CT molecular complexity index is 403. The van der Waals surface area contributed by atoms with Crippen molar-refractivity contribution in [2.75, 3.05) is 33.4 Å². The third-order valence-electron chi connectivity index (χ3n) is 4.02. The molecule has 2 rings (SSSR count). The second-order valence-electron chi connectivity index (χ2n) is 5.36. The Morgan fingerprint density at radius 1 is 1.25 bits per heavy atom. The summed E-state index contributed by atoms with van der Waals surface area (Å²) >= 11 is 6.16. The lowest BCUT2D eigenvalue weighted by Gasteiger charge is -2.32. The molecule has 0 N–H and O–H groups in total. The van der Waals surface area contributed by atoms with Crippen LogP contribution in [-0.4, -0.2) is 43.6 Å². The van der Waals surface area contributed by atoms with E-state index in [4.69, 9.17) is 21.1 Å². The molecule has 1 aliphatic rings. The minimum absolute atomic E-state index is 0.293. The number of benzene rings is 1. The maximum Gasteiger partial charge on any atom is 0.161 e. The monoisotopic (exact) mass is 297 g/mol. The van der Waals surface area contributed by atoms with Crippen LogP contribution in [0.1, 0.15) is 19.8 Å². The molecule has 1 heterocycles. The van der Waals surface area contributed by atoms with E-state index in [0.29, 0.717) is 17.9 Å². The molecule has 1 aliphatic heterocycles. The van der Waals surface area contributed by atoms with Gasteiger partial charge in [-0.25, -0.2) is 0 Å². The minimum atomic E-state index is 0.293. The maximum atomic E-state index is 6.16. The average molecular weight is 298 g/mol. The number of hydrogen-bond acceptors (Lipinski definition) is 3. The highest BCUT2D eigenvalue weighted by molar-refractivity contribution is 6.20. The van der Waals surface area contributed by atoms with E-state index in [1.165, 1.54) is 12.8 Å². The van der Waals surface area contributed by atoms with E-state index in [2.05, 4.69) is 11.8 Å². The SMILES string of the molecule is COc1ccccc1OCCN1CCC(C(C)Cl)CC1. The average Bonchev–Trinajstić information content (AvgIpc) is 2.48. The molecule has 0 radical (unpaired) electrons. The number of halogens is 1. The third-order valence-corrected chi connectivity index (χ3v) is 4.37. The highest BCUT2D eigenvalue weighted by atomic mass is 35.5. The van der Waals surface area contributed by atoms with Crippen LogP contribution in [0.25, 0.3) is 0 Å². The van der Waals surface area contributed by atoms with E-state index in [0.717, 1.165) is 31.1 Å². The Morgan fingerprint density at radius 3 is 2.50 bits per heavy atom. The third kappa shape index (κ3) is 4.29. The Kier molecular flexibility index (Phi) is 5.99. The summed E-state index contributed by atoms with van der Waals surface area (Å²) in [5, 5.41) is 0.293. The van der Waals surface area contributed by atoms with Crippen molar-refractivity contribution < 1.29 is 9.47 Å². The number of likely N-dealkylation sites (tertiary alicyclic amines) is 1. The first-order valence-corrected chi connectivity index (χ1v) is 7.76. The molecule has 1 fully saturated rings. The smallest absolute Gasteiger partial charge is 0.161 e. The van der Waals surface area contributed by atoms with Gasteiger partial charge in [-0.15, -0.1) is 11.6 Å². The fourth-order valence-corrected chi connectivity index (χ4v) is 2.91. The van der Waals surface area contributed by atoms with Crippen LogP contribution < -0.4 is 9.47 Å². The normalized spacial score (nSPS) is 18.8. The van der Waals surface area contributed by atoms with E-state index in [-0.39, 0.29) is 0 Å². The molecule has 0 aliphatic carbocycles. The van der Waals surface area contributed by atoms with Gasteiger partial charge in [-0.1, -0.05) is 12.1 Å². The molecule has 0 amide bonds. The molecule has 112 valence electrons. The van der Waals surface area contributed by atoms with Crippen LogP contribution in [0.5, 0.6) is 11.5 Å². The Balaban J connectivity index is 1.72. The Labute approximate surface area is 126 Å². The number of methoxy groups -OCH3 is 1. The van der Waals surface area contributed by atoms with E-state index < -0.39 is 0 Å². The highest BCUT2D eigenvalue weighted by Gasteiger charge is 2.22.